The highest BCUT2D eigenvalue weighted by atomic mass is 15.4. The average Bonchev–Trinajstić information content (AvgIpc) is 2.90. The molecule has 4 heteroatoms. The van der Waals surface area contributed by atoms with E-state index in [1.807, 2.05) is 10.9 Å². The van der Waals surface area contributed by atoms with E-state index in [0.29, 0.717) is 6.54 Å². The highest BCUT2D eigenvalue weighted by Gasteiger charge is 2.00. The maximum absolute atomic E-state index is 5.48. The quantitative estimate of drug-likeness (QED) is 0.738. The van der Waals surface area contributed by atoms with Gasteiger partial charge in [-0.1, -0.05) is 35.5 Å². The summed E-state index contributed by atoms with van der Waals surface area (Å²) in [7, 11) is 0. The molecule has 2 N–H and O–H groups in total. The Morgan fingerprint density at radius 1 is 1.00 bits per heavy atom. The molecule has 0 amide bonds. The molecule has 0 fully saturated rings. The van der Waals surface area contributed by atoms with Crippen LogP contribution in [0.5, 0.6) is 0 Å². The maximum Gasteiger partial charge on any atom is 0.0827 e. The molecular weight excluding hydrogens is 236 g/mol. The molecule has 0 aliphatic rings. The van der Waals surface area contributed by atoms with Crippen LogP contribution in [-0.2, 0) is 19.4 Å². The summed E-state index contributed by atoms with van der Waals surface area (Å²) in [6.45, 7) is 1.66. The summed E-state index contributed by atoms with van der Waals surface area (Å²) in [5, 5.41) is 8.29. The highest BCUT2D eigenvalue weighted by molar-refractivity contribution is 5.14. The molecule has 1 heterocycles. The molecule has 2 aromatic rings. The standard InChI is InChI=1S/C15H22N4/c16-11-6-10-15-13-19(18-17-15)12-5-4-9-14-7-2-1-3-8-14/h1-3,7-8,13H,4-6,9-12,16H2. The molecule has 0 bridgehead atoms. The zero-order valence-electron chi connectivity index (χ0n) is 11.3. The second kappa shape index (κ2) is 7.69. The van der Waals surface area contributed by atoms with Gasteiger partial charge in [0.15, 0.2) is 0 Å². The summed E-state index contributed by atoms with van der Waals surface area (Å²) >= 11 is 0. The van der Waals surface area contributed by atoms with E-state index in [9.17, 15) is 0 Å². The van der Waals surface area contributed by atoms with Crippen molar-refractivity contribution >= 4 is 0 Å². The highest BCUT2D eigenvalue weighted by Crippen LogP contribution is 2.06. The Balaban J connectivity index is 1.66. The van der Waals surface area contributed by atoms with Crippen molar-refractivity contribution in [3.63, 3.8) is 0 Å². The number of nitrogens with two attached hydrogens (primary N) is 1. The Kier molecular flexibility index (Phi) is 5.56. The van der Waals surface area contributed by atoms with E-state index < -0.39 is 0 Å². The molecule has 0 aliphatic carbocycles. The minimum Gasteiger partial charge on any atom is -0.330 e. The van der Waals surface area contributed by atoms with Gasteiger partial charge in [0.2, 0.25) is 0 Å². The number of hydrogen-bond donors (Lipinski definition) is 1. The first kappa shape index (κ1) is 13.7. The van der Waals surface area contributed by atoms with Crippen molar-refractivity contribution in [1.29, 1.82) is 0 Å². The minimum absolute atomic E-state index is 0.712. The summed E-state index contributed by atoms with van der Waals surface area (Å²) in [6, 6.07) is 10.6. The van der Waals surface area contributed by atoms with Crippen molar-refractivity contribution < 1.29 is 0 Å². The Morgan fingerprint density at radius 2 is 1.84 bits per heavy atom. The summed E-state index contributed by atoms with van der Waals surface area (Å²) in [4.78, 5) is 0. The molecule has 0 unspecified atom stereocenters. The van der Waals surface area contributed by atoms with Gasteiger partial charge >= 0.3 is 0 Å². The van der Waals surface area contributed by atoms with Crippen LogP contribution in [0.1, 0.15) is 30.5 Å². The number of hydrogen-bond acceptors (Lipinski definition) is 3. The first-order valence-corrected chi connectivity index (χ1v) is 7.01. The fraction of sp³-hybridized carbons (Fsp3) is 0.467. The topological polar surface area (TPSA) is 56.7 Å². The van der Waals surface area contributed by atoms with Crippen LogP contribution in [0.2, 0.25) is 0 Å². The molecule has 0 radical (unpaired) electrons. The fourth-order valence-electron chi connectivity index (χ4n) is 2.09. The molecule has 4 nitrogen and oxygen atoms in total. The third-order valence-electron chi connectivity index (χ3n) is 3.17. The van der Waals surface area contributed by atoms with Gasteiger partial charge in [0, 0.05) is 12.7 Å². The van der Waals surface area contributed by atoms with Gasteiger partial charge in [-0.25, -0.2) is 0 Å². The van der Waals surface area contributed by atoms with Gasteiger partial charge < -0.3 is 5.73 Å². The third kappa shape index (κ3) is 4.83. The van der Waals surface area contributed by atoms with Gasteiger partial charge in [-0.15, -0.1) is 5.10 Å². The van der Waals surface area contributed by atoms with Crippen LogP contribution in [0.25, 0.3) is 0 Å². The number of benzene rings is 1. The molecule has 0 atom stereocenters. The van der Waals surface area contributed by atoms with Crippen LogP contribution < -0.4 is 5.73 Å². The molecular formula is C15H22N4. The normalized spacial score (nSPS) is 10.8. The van der Waals surface area contributed by atoms with Gasteiger partial charge in [-0.05, 0) is 44.2 Å². The predicted molar refractivity (Wildman–Crippen MR) is 76.8 cm³/mol. The fourth-order valence-corrected chi connectivity index (χ4v) is 2.09. The second-order valence-corrected chi connectivity index (χ2v) is 4.81. The average molecular weight is 258 g/mol. The van der Waals surface area contributed by atoms with Crippen molar-refractivity contribution in [1.82, 2.24) is 15.0 Å². The van der Waals surface area contributed by atoms with Crippen molar-refractivity contribution in [2.75, 3.05) is 6.54 Å². The van der Waals surface area contributed by atoms with Gasteiger partial charge in [-0.2, -0.15) is 0 Å². The first-order valence-electron chi connectivity index (χ1n) is 7.01. The zero-order valence-corrected chi connectivity index (χ0v) is 11.3. The van der Waals surface area contributed by atoms with Crippen molar-refractivity contribution in [3.8, 4) is 0 Å². The summed E-state index contributed by atoms with van der Waals surface area (Å²) in [5.41, 5.74) is 7.94. The van der Waals surface area contributed by atoms with Crippen molar-refractivity contribution in [2.24, 2.45) is 5.73 Å². The van der Waals surface area contributed by atoms with Crippen LogP contribution in [-0.4, -0.2) is 21.5 Å². The first-order chi connectivity index (χ1) is 9.38. The summed E-state index contributed by atoms with van der Waals surface area (Å²) in [6.07, 6.45) is 7.40. The molecule has 0 saturated carbocycles. The van der Waals surface area contributed by atoms with E-state index in [0.717, 1.165) is 37.9 Å². The molecule has 1 aromatic carbocycles. The van der Waals surface area contributed by atoms with Crippen molar-refractivity contribution in [3.05, 3.63) is 47.8 Å². The van der Waals surface area contributed by atoms with Gasteiger partial charge in [0.05, 0.1) is 5.69 Å². The Labute approximate surface area is 114 Å². The Hall–Kier alpha value is -1.68. The molecule has 0 aliphatic heterocycles. The number of nitrogens with zero attached hydrogens (tertiary/aromatic N) is 3. The number of unbranched alkanes of at least 4 members (excludes halogenated alkanes) is 1. The van der Waals surface area contributed by atoms with E-state index >= 15 is 0 Å². The van der Waals surface area contributed by atoms with E-state index in [4.69, 9.17) is 5.73 Å². The largest absolute Gasteiger partial charge is 0.330 e. The lowest BCUT2D eigenvalue weighted by molar-refractivity contribution is 0.541. The van der Waals surface area contributed by atoms with Crippen LogP contribution in [0.15, 0.2) is 36.5 Å². The van der Waals surface area contributed by atoms with Crippen molar-refractivity contribution in [2.45, 2.75) is 38.6 Å². The predicted octanol–water partition coefficient (Wildman–Crippen LogP) is 2.19. The minimum atomic E-state index is 0.712. The number of rotatable bonds is 8. The number of aryl methyl sites for hydroxylation is 3. The van der Waals surface area contributed by atoms with Crippen LogP contribution in [0.3, 0.4) is 0 Å². The molecule has 2 rings (SSSR count). The van der Waals surface area contributed by atoms with Gasteiger partial charge in [0.1, 0.15) is 0 Å². The summed E-state index contributed by atoms with van der Waals surface area (Å²) < 4.78 is 1.94. The molecule has 19 heavy (non-hydrogen) atoms. The molecule has 102 valence electrons. The third-order valence-corrected chi connectivity index (χ3v) is 3.17. The molecule has 0 spiro atoms. The second-order valence-electron chi connectivity index (χ2n) is 4.81. The van der Waals surface area contributed by atoms with Crippen LogP contribution >= 0.6 is 0 Å². The zero-order chi connectivity index (χ0) is 13.3. The Morgan fingerprint density at radius 3 is 2.63 bits per heavy atom. The number of aromatic nitrogens is 3. The SMILES string of the molecule is NCCCc1cn(CCCCc2ccccc2)nn1. The monoisotopic (exact) mass is 258 g/mol. The van der Waals surface area contributed by atoms with E-state index in [2.05, 4.69) is 40.6 Å². The van der Waals surface area contributed by atoms with E-state index in [-0.39, 0.29) is 0 Å². The summed E-state index contributed by atoms with van der Waals surface area (Å²) in [5.74, 6) is 0. The molecule has 0 saturated heterocycles. The van der Waals surface area contributed by atoms with Crippen LogP contribution in [0.4, 0.5) is 0 Å². The maximum atomic E-state index is 5.48. The van der Waals surface area contributed by atoms with E-state index in [1.54, 1.807) is 0 Å². The molecule has 1 aromatic heterocycles. The van der Waals surface area contributed by atoms with Gasteiger partial charge in [-0.3, -0.25) is 4.68 Å². The lowest BCUT2D eigenvalue weighted by Crippen LogP contribution is -2.00. The Bertz CT molecular complexity index is 464. The van der Waals surface area contributed by atoms with Gasteiger partial charge in [0.25, 0.3) is 0 Å². The smallest absolute Gasteiger partial charge is 0.0827 e. The lowest BCUT2D eigenvalue weighted by atomic mass is 10.1. The van der Waals surface area contributed by atoms with Crippen LogP contribution in [0, 0.1) is 0 Å². The van der Waals surface area contributed by atoms with E-state index in [1.165, 1.54) is 12.0 Å². The lowest BCUT2D eigenvalue weighted by Gasteiger charge is -2.01.